The number of hydrogen-bond acceptors (Lipinski definition) is 6. The number of nitrogens with one attached hydrogen (secondary N) is 1. The van der Waals surface area contributed by atoms with Crippen molar-refractivity contribution < 1.29 is 9.34 Å². The molecule has 0 atom stereocenters. The Labute approximate surface area is 170 Å². The Kier molecular flexibility index (Phi) is 9.57. The molecule has 8 heteroatoms. The van der Waals surface area contributed by atoms with E-state index in [1.54, 1.807) is 11.8 Å². The van der Waals surface area contributed by atoms with E-state index in [2.05, 4.69) is 15.2 Å². The molecule has 0 unspecified atom stereocenters. The summed E-state index contributed by atoms with van der Waals surface area (Å²) in [6.07, 6.45) is 0.806. The fraction of sp³-hybridized carbons (Fsp3) is 0.450. The predicted molar refractivity (Wildman–Crippen MR) is 115 cm³/mol. The highest BCUT2D eigenvalue weighted by atomic mass is 32.2. The maximum absolute atomic E-state index is 10.9. The maximum Gasteiger partial charge on any atom is 0.259 e. The van der Waals surface area contributed by atoms with E-state index in [1.165, 1.54) is 5.56 Å². The number of hydrogen-bond donors (Lipinski definition) is 1. The standard InChI is InChI=1S/C20H28N4O3S/c1-23(2)14-18-8-9-19(27-18)16-28-13-12-22-20(15-24(25)26)21-11-10-17-6-4-3-5-7-17/h3-9H,10-16H2,1-2H3,(H,21,22). The Balaban J connectivity index is 1.71. The van der Waals surface area contributed by atoms with Crippen LogP contribution >= 0.6 is 11.8 Å². The molecule has 7 nitrogen and oxygen atoms in total. The van der Waals surface area contributed by atoms with Gasteiger partial charge in [0.25, 0.3) is 6.54 Å². The molecule has 2 aromatic rings. The second-order valence-corrected chi connectivity index (χ2v) is 7.75. The van der Waals surface area contributed by atoms with E-state index in [0.717, 1.165) is 36.0 Å². The fourth-order valence-corrected chi connectivity index (χ4v) is 3.32. The lowest BCUT2D eigenvalue weighted by atomic mass is 10.1. The summed E-state index contributed by atoms with van der Waals surface area (Å²) in [4.78, 5) is 16.9. The molecule has 152 valence electrons. The molecule has 0 amide bonds. The van der Waals surface area contributed by atoms with Gasteiger partial charge in [-0.25, -0.2) is 0 Å². The van der Waals surface area contributed by atoms with Gasteiger partial charge in [-0.05, 0) is 38.2 Å². The zero-order chi connectivity index (χ0) is 20.2. The van der Waals surface area contributed by atoms with Gasteiger partial charge in [0.15, 0.2) is 5.84 Å². The summed E-state index contributed by atoms with van der Waals surface area (Å²) in [6.45, 7) is 1.68. The van der Waals surface area contributed by atoms with Crippen molar-refractivity contribution in [3.63, 3.8) is 0 Å². The van der Waals surface area contributed by atoms with Gasteiger partial charge >= 0.3 is 0 Å². The summed E-state index contributed by atoms with van der Waals surface area (Å²) in [5, 5.41) is 14.0. The van der Waals surface area contributed by atoms with Crippen LogP contribution in [0.3, 0.4) is 0 Å². The van der Waals surface area contributed by atoms with E-state index < -0.39 is 0 Å². The molecule has 0 fully saturated rings. The van der Waals surface area contributed by atoms with Crippen LogP contribution in [0.5, 0.6) is 0 Å². The molecule has 1 N–H and O–H groups in total. The van der Waals surface area contributed by atoms with E-state index in [9.17, 15) is 10.1 Å². The van der Waals surface area contributed by atoms with E-state index in [-0.39, 0.29) is 11.5 Å². The molecule has 2 rings (SSSR count). The average molecular weight is 405 g/mol. The molecular weight excluding hydrogens is 376 g/mol. The largest absolute Gasteiger partial charge is 0.464 e. The van der Waals surface area contributed by atoms with Crippen molar-refractivity contribution >= 4 is 17.6 Å². The first-order chi connectivity index (χ1) is 13.5. The van der Waals surface area contributed by atoms with Gasteiger partial charge in [0.1, 0.15) is 11.5 Å². The molecular formula is C20H28N4O3S. The zero-order valence-electron chi connectivity index (χ0n) is 16.5. The molecule has 0 aliphatic rings. The monoisotopic (exact) mass is 404 g/mol. The summed E-state index contributed by atoms with van der Waals surface area (Å²) in [5.74, 6) is 3.89. The van der Waals surface area contributed by atoms with Crippen LogP contribution in [0.2, 0.25) is 0 Å². The van der Waals surface area contributed by atoms with Gasteiger partial charge in [0.05, 0.1) is 18.8 Å². The minimum atomic E-state index is -0.351. The van der Waals surface area contributed by atoms with Crippen molar-refractivity contribution in [2.75, 3.05) is 39.5 Å². The SMILES string of the molecule is CN(C)Cc1ccc(CSCCN=C(C[N+](=O)[O-])NCCc2ccccc2)o1. The summed E-state index contributed by atoms with van der Waals surface area (Å²) in [5.41, 5.74) is 1.19. The Bertz CT molecular complexity index is 747. The van der Waals surface area contributed by atoms with E-state index >= 15 is 0 Å². The van der Waals surface area contributed by atoms with Crippen LogP contribution in [0.15, 0.2) is 51.9 Å². The average Bonchev–Trinajstić information content (AvgIpc) is 3.08. The van der Waals surface area contributed by atoms with Gasteiger partial charge in [-0.15, -0.1) is 0 Å². The summed E-state index contributed by atoms with van der Waals surface area (Å²) >= 11 is 1.71. The lowest BCUT2D eigenvalue weighted by molar-refractivity contribution is -0.463. The van der Waals surface area contributed by atoms with E-state index in [0.29, 0.717) is 18.9 Å². The summed E-state index contributed by atoms with van der Waals surface area (Å²) in [7, 11) is 4.01. The van der Waals surface area contributed by atoms with Gasteiger partial charge in [-0.2, -0.15) is 11.8 Å². The highest BCUT2D eigenvalue weighted by Gasteiger charge is 2.07. The minimum Gasteiger partial charge on any atom is -0.464 e. The van der Waals surface area contributed by atoms with Gasteiger partial charge in [0, 0.05) is 17.2 Å². The molecule has 0 spiro atoms. The number of nitro groups is 1. The predicted octanol–water partition coefficient (Wildman–Crippen LogP) is 3.08. The number of rotatable bonds is 12. The highest BCUT2D eigenvalue weighted by molar-refractivity contribution is 7.98. The van der Waals surface area contributed by atoms with Crippen LogP contribution in [0.1, 0.15) is 17.1 Å². The third-order valence-electron chi connectivity index (χ3n) is 3.84. The van der Waals surface area contributed by atoms with Gasteiger partial charge in [0.2, 0.25) is 0 Å². The number of thioether (sulfide) groups is 1. The Hall–Kier alpha value is -2.32. The van der Waals surface area contributed by atoms with Gasteiger partial charge in [-0.3, -0.25) is 15.1 Å². The van der Waals surface area contributed by atoms with Crippen LogP contribution in [-0.4, -0.2) is 55.1 Å². The van der Waals surface area contributed by atoms with E-state index in [1.807, 2.05) is 56.6 Å². The third kappa shape index (κ3) is 9.05. The third-order valence-corrected chi connectivity index (χ3v) is 4.80. The molecule has 0 aliphatic heterocycles. The maximum atomic E-state index is 10.9. The quantitative estimate of drug-likeness (QED) is 0.192. The van der Waals surface area contributed by atoms with Crippen LogP contribution in [0.25, 0.3) is 0 Å². The van der Waals surface area contributed by atoms with Crippen molar-refractivity contribution in [1.29, 1.82) is 0 Å². The van der Waals surface area contributed by atoms with Crippen molar-refractivity contribution in [3.8, 4) is 0 Å². The van der Waals surface area contributed by atoms with Crippen molar-refractivity contribution in [2.45, 2.75) is 18.7 Å². The first kappa shape index (κ1) is 22.0. The van der Waals surface area contributed by atoms with Gasteiger partial charge < -0.3 is 14.6 Å². The van der Waals surface area contributed by atoms with Crippen LogP contribution in [-0.2, 0) is 18.7 Å². The molecule has 0 bridgehead atoms. The molecule has 0 saturated heterocycles. The van der Waals surface area contributed by atoms with Gasteiger partial charge in [-0.1, -0.05) is 30.3 Å². The fourth-order valence-electron chi connectivity index (χ4n) is 2.59. The molecule has 0 saturated carbocycles. The molecule has 1 aromatic heterocycles. The molecule has 1 heterocycles. The summed E-state index contributed by atoms with van der Waals surface area (Å²) < 4.78 is 5.77. The summed E-state index contributed by atoms with van der Waals surface area (Å²) in [6, 6.07) is 14.0. The second kappa shape index (κ2) is 12.2. The highest BCUT2D eigenvalue weighted by Crippen LogP contribution is 2.16. The second-order valence-electron chi connectivity index (χ2n) is 6.64. The number of furan rings is 1. The normalized spacial score (nSPS) is 11.8. The Morgan fingerprint density at radius 1 is 1.21 bits per heavy atom. The molecule has 1 aromatic carbocycles. The first-order valence-corrected chi connectivity index (χ1v) is 10.4. The van der Waals surface area contributed by atoms with Crippen molar-refractivity contribution in [2.24, 2.45) is 4.99 Å². The van der Waals surface area contributed by atoms with Crippen molar-refractivity contribution in [3.05, 3.63) is 69.7 Å². The lowest BCUT2D eigenvalue weighted by Crippen LogP contribution is -2.32. The Morgan fingerprint density at radius 3 is 2.68 bits per heavy atom. The molecule has 0 radical (unpaired) electrons. The van der Waals surface area contributed by atoms with Crippen LogP contribution in [0.4, 0.5) is 0 Å². The number of aliphatic imine (C=N–C) groups is 1. The first-order valence-electron chi connectivity index (χ1n) is 9.26. The van der Waals surface area contributed by atoms with Crippen LogP contribution < -0.4 is 5.32 Å². The number of benzene rings is 1. The lowest BCUT2D eigenvalue weighted by Gasteiger charge is -2.07. The minimum absolute atomic E-state index is 0.272. The van der Waals surface area contributed by atoms with E-state index in [4.69, 9.17) is 4.42 Å². The van der Waals surface area contributed by atoms with Crippen LogP contribution in [0, 0.1) is 10.1 Å². The smallest absolute Gasteiger partial charge is 0.259 e. The topological polar surface area (TPSA) is 83.9 Å². The molecule has 0 aliphatic carbocycles. The number of amidine groups is 1. The van der Waals surface area contributed by atoms with Crippen molar-refractivity contribution in [1.82, 2.24) is 10.2 Å². The number of nitrogens with zero attached hydrogens (tertiary/aromatic N) is 3. The molecule has 28 heavy (non-hydrogen) atoms. The Morgan fingerprint density at radius 2 is 1.96 bits per heavy atom. The zero-order valence-corrected chi connectivity index (χ0v) is 17.3.